The first-order valence-electron chi connectivity index (χ1n) is 10.6. The third kappa shape index (κ3) is 4.64. The number of benzene rings is 1. The Balaban J connectivity index is 1.60. The molecule has 1 aliphatic rings. The molecule has 1 aromatic heterocycles. The third-order valence-corrected chi connectivity index (χ3v) is 6.24. The van der Waals surface area contributed by atoms with Crippen LogP contribution in [0.15, 0.2) is 30.5 Å². The number of hydrogen-bond donors (Lipinski definition) is 3. The van der Waals surface area contributed by atoms with Crippen LogP contribution in [0.4, 0.5) is 0 Å². The molecule has 1 saturated heterocycles. The van der Waals surface area contributed by atoms with Crippen LogP contribution in [0.2, 0.25) is 0 Å². The first kappa shape index (κ1) is 21.4. The second kappa shape index (κ2) is 8.99. The number of H-pyrrole nitrogens is 1. The highest BCUT2D eigenvalue weighted by atomic mass is 16.4. The van der Waals surface area contributed by atoms with Gasteiger partial charge >= 0.3 is 5.97 Å². The Morgan fingerprint density at radius 3 is 2.79 bits per heavy atom. The molecule has 1 amide bonds. The van der Waals surface area contributed by atoms with Gasteiger partial charge in [0.15, 0.2) is 0 Å². The zero-order chi connectivity index (χ0) is 21.0. The summed E-state index contributed by atoms with van der Waals surface area (Å²) in [5.74, 6) is -0.672. The normalized spacial score (nSPS) is 22.3. The summed E-state index contributed by atoms with van der Waals surface area (Å²) in [7, 11) is 0. The molecule has 2 heterocycles. The number of para-hydroxylation sites is 1. The summed E-state index contributed by atoms with van der Waals surface area (Å²) in [6.45, 7) is 4.60. The molecule has 1 aliphatic heterocycles. The molecule has 0 bridgehead atoms. The maximum absolute atomic E-state index is 12.8. The van der Waals surface area contributed by atoms with Gasteiger partial charge in [-0.15, -0.1) is 0 Å². The van der Waals surface area contributed by atoms with Crippen molar-refractivity contribution in [3.8, 4) is 0 Å². The summed E-state index contributed by atoms with van der Waals surface area (Å²) in [6.07, 6.45) is 4.40. The number of aromatic amines is 1. The van der Waals surface area contributed by atoms with Gasteiger partial charge in [0.1, 0.15) is 5.41 Å². The molecule has 0 spiro atoms. The second-order valence-electron chi connectivity index (χ2n) is 8.73. The Labute approximate surface area is 171 Å². The van der Waals surface area contributed by atoms with E-state index in [-0.39, 0.29) is 12.5 Å². The number of amides is 1. The lowest BCUT2D eigenvalue weighted by molar-refractivity contribution is -0.167. The van der Waals surface area contributed by atoms with E-state index in [1.165, 1.54) is 10.9 Å². The Morgan fingerprint density at radius 2 is 2.07 bits per heavy atom. The lowest BCUT2D eigenvalue weighted by Gasteiger charge is -2.43. The average Bonchev–Trinajstić information content (AvgIpc) is 3.10. The quantitative estimate of drug-likeness (QED) is 0.631. The van der Waals surface area contributed by atoms with Crippen molar-refractivity contribution in [1.29, 1.82) is 0 Å². The molecule has 6 nitrogen and oxygen atoms in total. The molecular weight excluding hydrogens is 368 g/mol. The Kier molecular flexibility index (Phi) is 6.63. The zero-order valence-electron chi connectivity index (χ0n) is 17.4. The van der Waals surface area contributed by atoms with Gasteiger partial charge in [-0.25, -0.2) is 0 Å². The summed E-state index contributed by atoms with van der Waals surface area (Å²) in [5, 5.41) is 21.5. The fraction of sp³-hybridized carbons (Fsp3) is 0.565. The average molecular weight is 401 g/mol. The summed E-state index contributed by atoms with van der Waals surface area (Å²) >= 11 is 0. The van der Waals surface area contributed by atoms with Crippen molar-refractivity contribution in [1.82, 2.24) is 9.88 Å². The summed E-state index contributed by atoms with van der Waals surface area (Å²) < 4.78 is 0. The van der Waals surface area contributed by atoms with E-state index < -0.39 is 17.5 Å². The van der Waals surface area contributed by atoms with Crippen LogP contribution >= 0.6 is 0 Å². The second-order valence-corrected chi connectivity index (χ2v) is 8.73. The molecule has 1 aromatic carbocycles. The molecule has 2 aromatic rings. The maximum atomic E-state index is 12.8. The van der Waals surface area contributed by atoms with E-state index in [9.17, 15) is 19.8 Å². The van der Waals surface area contributed by atoms with Gasteiger partial charge < -0.3 is 20.1 Å². The number of aromatic nitrogens is 1. The van der Waals surface area contributed by atoms with E-state index in [1.807, 2.05) is 38.2 Å². The van der Waals surface area contributed by atoms with Crippen LogP contribution < -0.4 is 0 Å². The van der Waals surface area contributed by atoms with Crippen molar-refractivity contribution < 1.29 is 19.8 Å². The number of nitrogens with one attached hydrogen (secondary N) is 1. The predicted octanol–water partition coefficient (Wildman–Crippen LogP) is 3.59. The summed E-state index contributed by atoms with van der Waals surface area (Å²) in [5.41, 5.74) is 1.03. The van der Waals surface area contributed by atoms with Crippen molar-refractivity contribution in [3.05, 3.63) is 36.0 Å². The fourth-order valence-corrected chi connectivity index (χ4v) is 4.33. The number of carboxylic acids is 1. The van der Waals surface area contributed by atoms with E-state index in [0.717, 1.165) is 11.9 Å². The maximum Gasteiger partial charge on any atom is 0.314 e. The fourth-order valence-electron chi connectivity index (χ4n) is 4.33. The van der Waals surface area contributed by atoms with Gasteiger partial charge in [-0.2, -0.15) is 0 Å². The topological polar surface area (TPSA) is 93.6 Å². The molecule has 0 unspecified atom stereocenters. The van der Waals surface area contributed by atoms with Gasteiger partial charge in [0.25, 0.3) is 0 Å². The highest BCUT2D eigenvalue weighted by Crippen LogP contribution is 2.37. The summed E-state index contributed by atoms with van der Waals surface area (Å²) in [6, 6.07) is 8.11. The largest absolute Gasteiger partial charge is 0.481 e. The van der Waals surface area contributed by atoms with Crippen molar-refractivity contribution >= 4 is 22.8 Å². The minimum Gasteiger partial charge on any atom is -0.481 e. The number of carbonyl (C=O) groups excluding carboxylic acids is 1. The Morgan fingerprint density at radius 1 is 1.31 bits per heavy atom. The number of fused-ring (bicyclic) bond motifs is 1. The number of piperidine rings is 1. The monoisotopic (exact) mass is 400 g/mol. The number of aliphatic hydroxyl groups excluding tert-OH is 1. The highest BCUT2D eigenvalue weighted by molar-refractivity contribution is 5.83. The van der Waals surface area contributed by atoms with Crippen molar-refractivity contribution in [2.24, 2.45) is 11.3 Å². The van der Waals surface area contributed by atoms with E-state index in [1.54, 1.807) is 4.90 Å². The van der Waals surface area contributed by atoms with Gasteiger partial charge in [-0.3, -0.25) is 9.59 Å². The smallest absolute Gasteiger partial charge is 0.314 e. The van der Waals surface area contributed by atoms with Crippen LogP contribution in [0.3, 0.4) is 0 Å². The summed E-state index contributed by atoms with van der Waals surface area (Å²) in [4.78, 5) is 29.8. The molecule has 158 valence electrons. The van der Waals surface area contributed by atoms with Crippen LogP contribution in [0.5, 0.6) is 0 Å². The molecule has 29 heavy (non-hydrogen) atoms. The standard InChI is InChI=1S/C23H32N2O4/c1-16(2)10-12-23(22(28)29)15-25(13-11-20(23)26)21(27)9-5-6-17-14-24-19-8-4-3-7-18(17)19/h3-4,7-8,14,16,20,24,26H,5-6,9-13,15H2,1-2H3,(H,28,29)/t20-,23-/m1/s1. The van der Waals surface area contributed by atoms with Crippen molar-refractivity contribution in [2.75, 3.05) is 13.1 Å². The molecule has 1 fully saturated rings. The minimum absolute atomic E-state index is 0.0214. The van der Waals surface area contributed by atoms with Crippen LogP contribution in [-0.2, 0) is 16.0 Å². The number of rotatable bonds is 8. The van der Waals surface area contributed by atoms with Gasteiger partial charge in [0, 0.05) is 36.6 Å². The highest BCUT2D eigenvalue weighted by Gasteiger charge is 2.49. The van der Waals surface area contributed by atoms with Crippen molar-refractivity contribution in [3.63, 3.8) is 0 Å². The van der Waals surface area contributed by atoms with E-state index in [4.69, 9.17) is 0 Å². The first-order chi connectivity index (χ1) is 13.8. The van der Waals surface area contributed by atoms with Gasteiger partial charge in [-0.1, -0.05) is 32.0 Å². The minimum atomic E-state index is -1.25. The van der Waals surface area contributed by atoms with Gasteiger partial charge in [-0.05, 0) is 49.7 Å². The molecule has 3 rings (SSSR count). The molecule has 0 radical (unpaired) electrons. The number of aliphatic hydroxyl groups is 1. The number of aryl methyl sites for hydroxylation is 1. The van der Waals surface area contributed by atoms with Crippen LogP contribution in [0.1, 0.15) is 51.5 Å². The van der Waals surface area contributed by atoms with Gasteiger partial charge in [0.2, 0.25) is 5.91 Å². The SMILES string of the molecule is CC(C)CC[C@@]1(C(=O)O)CN(C(=O)CCCc2c[nH]c3ccccc23)CC[C@H]1O. The number of carboxylic acid groups (broad SMARTS) is 1. The number of likely N-dealkylation sites (tertiary alicyclic amines) is 1. The van der Waals surface area contributed by atoms with Gasteiger partial charge in [0.05, 0.1) is 6.10 Å². The van der Waals surface area contributed by atoms with E-state index in [0.29, 0.717) is 44.6 Å². The number of aliphatic carboxylic acids is 1. The molecule has 3 N–H and O–H groups in total. The third-order valence-electron chi connectivity index (χ3n) is 6.24. The van der Waals surface area contributed by atoms with E-state index >= 15 is 0 Å². The van der Waals surface area contributed by atoms with Crippen LogP contribution in [0, 0.1) is 11.3 Å². The molecule has 0 saturated carbocycles. The molecule has 6 heteroatoms. The van der Waals surface area contributed by atoms with E-state index in [2.05, 4.69) is 11.1 Å². The Bertz CT molecular complexity index is 859. The lowest BCUT2D eigenvalue weighted by Crippen LogP contribution is -2.57. The molecule has 0 aliphatic carbocycles. The first-order valence-corrected chi connectivity index (χ1v) is 10.6. The number of hydrogen-bond acceptors (Lipinski definition) is 3. The zero-order valence-corrected chi connectivity index (χ0v) is 17.4. The Hall–Kier alpha value is -2.34. The molecule has 2 atom stereocenters. The van der Waals surface area contributed by atoms with Crippen molar-refractivity contribution in [2.45, 2.75) is 58.5 Å². The predicted molar refractivity (Wildman–Crippen MR) is 113 cm³/mol. The number of nitrogens with zero attached hydrogens (tertiary/aromatic N) is 1. The number of carbonyl (C=O) groups is 2. The van der Waals surface area contributed by atoms with Crippen LogP contribution in [0.25, 0.3) is 10.9 Å². The van der Waals surface area contributed by atoms with Crippen LogP contribution in [-0.4, -0.2) is 51.2 Å². The lowest BCUT2D eigenvalue weighted by atomic mass is 9.72. The molecular formula is C23H32N2O4.